The largest absolute Gasteiger partial charge is 0.488 e. The number of benzene rings is 4. The number of ether oxygens (including phenoxy) is 1. The Balaban J connectivity index is 1.55. The van der Waals surface area contributed by atoms with Crippen molar-refractivity contribution in [1.82, 2.24) is 9.97 Å². The van der Waals surface area contributed by atoms with Gasteiger partial charge in [-0.05, 0) is 58.8 Å². The van der Waals surface area contributed by atoms with Crippen LogP contribution in [-0.4, -0.2) is 21.0 Å². The van der Waals surface area contributed by atoms with Crippen molar-refractivity contribution in [3.63, 3.8) is 0 Å². The lowest BCUT2D eigenvalue weighted by atomic mass is 10.0. The van der Waals surface area contributed by atoms with Crippen molar-refractivity contribution in [2.75, 3.05) is 0 Å². The second kappa shape index (κ2) is 9.12. The Hall–Kier alpha value is -4.96. The van der Waals surface area contributed by atoms with Gasteiger partial charge in [-0.1, -0.05) is 42.5 Å². The zero-order chi connectivity index (χ0) is 24.4. The summed E-state index contributed by atoms with van der Waals surface area (Å²) in [4.78, 5) is 18.6. The number of aromatic nitrogens is 2. The van der Waals surface area contributed by atoms with Crippen LogP contribution in [0, 0.1) is 17.1 Å². The summed E-state index contributed by atoms with van der Waals surface area (Å²) in [5.41, 5.74) is 3.04. The Bertz CT molecular complexity index is 1650. The molecule has 1 aromatic heterocycles. The number of allylic oxidation sites excluding steroid dienone is 1. The molecule has 0 fully saturated rings. The van der Waals surface area contributed by atoms with Crippen molar-refractivity contribution in [3.05, 3.63) is 107 Å². The molecule has 6 nitrogen and oxygen atoms in total. The zero-order valence-corrected chi connectivity index (χ0v) is 18.3. The first kappa shape index (κ1) is 21.9. The summed E-state index contributed by atoms with van der Waals surface area (Å²) >= 11 is 0. The van der Waals surface area contributed by atoms with Crippen LogP contribution >= 0.6 is 0 Å². The molecule has 0 aliphatic rings. The first-order chi connectivity index (χ1) is 17.0. The Labute approximate surface area is 199 Å². The highest BCUT2D eigenvalue weighted by Crippen LogP contribution is 2.32. The van der Waals surface area contributed by atoms with E-state index in [0.717, 1.165) is 16.3 Å². The molecule has 2 N–H and O–H groups in total. The number of aromatic amines is 1. The number of hydrogen-bond acceptors (Lipinski definition) is 4. The fourth-order valence-electron chi connectivity index (χ4n) is 3.86. The molecule has 4 aromatic carbocycles. The molecule has 0 aliphatic carbocycles. The molecule has 0 unspecified atom stereocenters. The molecule has 35 heavy (non-hydrogen) atoms. The molecular formula is C28H18FN3O3. The second-order valence-corrected chi connectivity index (χ2v) is 7.91. The van der Waals surface area contributed by atoms with Crippen LogP contribution < -0.4 is 4.74 Å². The number of carboxylic acids is 1. The molecule has 0 spiro atoms. The number of aromatic carboxylic acids is 1. The molecule has 5 rings (SSSR count). The molecular weight excluding hydrogens is 445 g/mol. The standard InChI is InChI=1S/C28H18FN3O3/c29-21-10-11-24-25(14-21)32-27(31-24)20(15-30)13-23-22-4-2-1-3-18(22)9-12-26(23)35-16-17-5-7-19(8-6-17)28(33)34/h1-14H,16H2,(H,31,32)(H,33,34)/b20-13-. The van der Waals surface area contributed by atoms with Crippen LogP contribution in [-0.2, 0) is 6.61 Å². The van der Waals surface area contributed by atoms with E-state index in [1.54, 1.807) is 24.3 Å². The Morgan fingerprint density at radius 1 is 1.09 bits per heavy atom. The van der Waals surface area contributed by atoms with E-state index in [2.05, 4.69) is 16.0 Å². The summed E-state index contributed by atoms with van der Waals surface area (Å²) in [7, 11) is 0. The normalized spacial score (nSPS) is 11.5. The van der Waals surface area contributed by atoms with Crippen molar-refractivity contribution in [2.45, 2.75) is 6.61 Å². The van der Waals surface area contributed by atoms with Gasteiger partial charge >= 0.3 is 5.97 Å². The van der Waals surface area contributed by atoms with Crippen LogP contribution in [0.2, 0.25) is 0 Å². The minimum absolute atomic E-state index is 0.201. The molecule has 1 heterocycles. The number of nitriles is 1. The lowest BCUT2D eigenvalue weighted by Gasteiger charge is -2.13. The summed E-state index contributed by atoms with van der Waals surface area (Å²) in [5.74, 6) is -0.495. The molecule has 0 radical (unpaired) electrons. The predicted octanol–water partition coefficient (Wildman–Crippen LogP) is 6.20. The Morgan fingerprint density at radius 3 is 2.66 bits per heavy atom. The van der Waals surface area contributed by atoms with Crippen molar-refractivity contribution in [1.29, 1.82) is 5.26 Å². The summed E-state index contributed by atoms with van der Waals surface area (Å²) in [5, 5.41) is 20.9. The van der Waals surface area contributed by atoms with Gasteiger partial charge < -0.3 is 14.8 Å². The van der Waals surface area contributed by atoms with Gasteiger partial charge in [0.2, 0.25) is 0 Å². The number of nitrogens with one attached hydrogen (secondary N) is 1. The lowest BCUT2D eigenvalue weighted by molar-refractivity contribution is 0.0697. The molecule has 0 saturated heterocycles. The molecule has 0 bridgehead atoms. The number of carboxylic acid groups (broad SMARTS) is 1. The van der Waals surface area contributed by atoms with Crippen LogP contribution in [0.4, 0.5) is 4.39 Å². The number of imidazole rings is 1. The van der Waals surface area contributed by atoms with E-state index in [1.807, 2.05) is 36.4 Å². The molecule has 0 amide bonds. The quantitative estimate of drug-likeness (QED) is 0.292. The van der Waals surface area contributed by atoms with Crippen molar-refractivity contribution in [3.8, 4) is 11.8 Å². The van der Waals surface area contributed by atoms with E-state index in [4.69, 9.17) is 9.84 Å². The van der Waals surface area contributed by atoms with Crippen molar-refractivity contribution < 1.29 is 19.0 Å². The maximum Gasteiger partial charge on any atom is 0.335 e. The molecule has 0 aliphatic heterocycles. The van der Waals surface area contributed by atoms with Gasteiger partial charge in [0.15, 0.2) is 0 Å². The predicted molar refractivity (Wildman–Crippen MR) is 131 cm³/mol. The fourth-order valence-corrected chi connectivity index (χ4v) is 3.86. The van der Waals surface area contributed by atoms with Gasteiger partial charge in [-0.2, -0.15) is 5.26 Å². The SMILES string of the molecule is N#C/C(=C/c1c(OCc2ccc(C(=O)O)cc2)ccc2ccccc12)c1nc2ccc(F)cc2[nH]1. The van der Waals surface area contributed by atoms with Gasteiger partial charge in [0.1, 0.15) is 30.1 Å². The number of rotatable bonds is 6. The number of halogens is 1. The van der Waals surface area contributed by atoms with Crippen molar-refractivity contribution >= 4 is 39.4 Å². The average Bonchev–Trinajstić information content (AvgIpc) is 3.29. The summed E-state index contributed by atoms with van der Waals surface area (Å²) in [6, 6.07) is 24.4. The third-order valence-electron chi connectivity index (χ3n) is 5.63. The molecule has 0 atom stereocenters. The monoisotopic (exact) mass is 463 g/mol. The third kappa shape index (κ3) is 4.45. The lowest BCUT2D eigenvalue weighted by Crippen LogP contribution is -2.00. The van der Waals surface area contributed by atoms with Crippen LogP contribution in [0.1, 0.15) is 27.3 Å². The van der Waals surface area contributed by atoms with Gasteiger partial charge in [-0.3, -0.25) is 0 Å². The van der Waals surface area contributed by atoms with Gasteiger partial charge in [0.25, 0.3) is 0 Å². The Kier molecular flexibility index (Phi) is 5.70. The maximum atomic E-state index is 13.6. The minimum atomic E-state index is -0.989. The minimum Gasteiger partial charge on any atom is -0.488 e. The highest BCUT2D eigenvalue weighted by molar-refractivity contribution is 6.00. The molecule has 7 heteroatoms. The highest BCUT2D eigenvalue weighted by Gasteiger charge is 2.13. The average molecular weight is 463 g/mol. The summed E-state index contributed by atoms with van der Waals surface area (Å²) in [6.45, 7) is 0.213. The zero-order valence-electron chi connectivity index (χ0n) is 18.3. The van der Waals surface area contributed by atoms with Gasteiger partial charge in [0.05, 0.1) is 22.2 Å². The number of nitrogens with zero attached hydrogens (tertiary/aromatic N) is 2. The second-order valence-electron chi connectivity index (χ2n) is 7.91. The Morgan fingerprint density at radius 2 is 1.89 bits per heavy atom. The summed E-state index contributed by atoms with van der Waals surface area (Å²) < 4.78 is 19.7. The molecule has 5 aromatic rings. The van der Waals surface area contributed by atoms with Gasteiger partial charge in [-0.25, -0.2) is 14.2 Å². The number of H-pyrrole nitrogens is 1. The van der Waals surface area contributed by atoms with Gasteiger partial charge in [-0.15, -0.1) is 0 Å². The topological polar surface area (TPSA) is 99.0 Å². The summed E-state index contributed by atoms with van der Waals surface area (Å²) in [6.07, 6.45) is 1.71. The van der Waals surface area contributed by atoms with Crippen LogP contribution in [0.3, 0.4) is 0 Å². The van der Waals surface area contributed by atoms with E-state index in [9.17, 15) is 14.4 Å². The van der Waals surface area contributed by atoms with Crippen LogP contribution in [0.25, 0.3) is 33.5 Å². The number of hydrogen-bond donors (Lipinski definition) is 2. The van der Waals surface area contributed by atoms with E-state index in [-0.39, 0.29) is 17.7 Å². The molecule has 170 valence electrons. The number of fused-ring (bicyclic) bond motifs is 2. The van der Waals surface area contributed by atoms with Crippen LogP contribution in [0.15, 0.2) is 78.9 Å². The smallest absolute Gasteiger partial charge is 0.335 e. The van der Waals surface area contributed by atoms with Crippen LogP contribution in [0.5, 0.6) is 5.75 Å². The first-order valence-electron chi connectivity index (χ1n) is 10.8. The number of carbonyl (C=O) groups is 1. The highest BCUT2D eigenvalue weighted by atomic mass is 19.1. The third-order valence-corrected chi connectivity index (χ3v) is 5.63. The van der Waals surface area contributed by atoms with E-state index in [0.29, 0.717) is 28.2 Å². The van der Waals surface area contributed by atoms with E-state index in [1.165, 1.54) is 24.3 Å². The molecule has 0 saturated carbocycles. The van der Waals surface area contributed by atoms with E-state index < -0.39 is 11.8 Å². The van der Waals surface area contributed by atoms with E-state index >= 15 is 0 Å². The van der Waals surface area contributed by atoms with Gasteiger partial charge in [0, 0.05) is 5.56 Å². The maximum absolute atomic E-state index is 13.6. The fraction of sp³-hybridized carbons (Fsp3) is 0.0357. The first-order valence-corrected chi connectivity index (χ1v) is 10.8. The van der Waals surface area contributed by atoms with Crippen molar-refractivity contribution in [2.24, 2.45) is 0 Å².